The molecule has 0 radical (unpaired) electrons. The van der Waals surface area contributed by atoms with Gasteiger partial charge in [0.25, 0.3) is 5.91 Å². The molecule has 0 saturated carbocycles. The van der Waals surface area contributed by atoms with Crippen LogP contribution in [-0.4, -0.2) is 37.1 Å². The van der Waals surface area contributed by atoms with Gasteiger partial charge in [-0.3, -0.25) is 4.79 Å². The molecule has 0 aliphatic heterocycles. The minimum absolute atomic E-state index is 0.0577. The van der Waals surface area contributed by atoms with Crippen LogP contribution in [0, 0.1) is 0 Å². The molecule has 0 N–H and O–H groups in total. The lowest BCUT2D eigenvalue weighted by Crippen LogP contribution is -2.40. The summed E-state index contributed by atoms with van der Waals surface area (Å²) in [5.74, 6) is -0.0577. The molecular formula is C14H19BrClNO2. The lowest BCUT2D eigenvalue weighted by atomic mass is 10.1. The van der Waals surface area contributed by atoms with Crippen LogP contribution in [0.3, 0.4) is 0 Å². The first kappa shape index (κ1) is 16.5. The number of methoxy groups -OCH3 is 1. The van der Waals surface area contributed by atoms with E-state index >= 15 is 0 Å². The molecule has 0 bridgehead atoms. The number of carbonyl (C=O) groups is 1. The second-order valence-electron chi connectivity index (χ2n) is 4.37. The van der Waals surface area contributed by atoms with Gasteiger partial charge in [-0.1, -0.05) is 34.5 Å². The van der Waals surface area contributed by atoms with E-state index in [1.54, 1.807) is 24.1 Å². The summed E-state index contributed by atoms with van der Waals surface area (Å²) in [6, 6.07) is 5.45. The predicted molar refractivity (Wildman–Crippen MR) is 81.8 cm³/mol. The van der Waals surface area contributed by atoms with E-state index in [2.05, 4.69) is 22.9 Å². The molecule has 0 aliphatic carbocycles. The van der Waals surface area contributed by atoms with Gasteiger partial charge in [0.2, 0.25) is 0 Å². The zero-order chi connectivity index (χ0) is 14.4. The van der Waals surface area contributed by atoms with Gasteiger partial charge in [-0.25, -0.2) is 0 Å². The molecule has 1 atom stereocenters. The largest absolute Gasteiger partial charge is 0.383 e. The van der Waals surface area contributed by atoms with E-state index in [9.17, 15) is 4.79 Å². The number of hydrogen-bond donors (Lipinski definition) is 0. The Hall–Kier alpha value is -0.580. The second-order valence-corrected chi connectivity index (χ2v) is 5.70. The molecule has 1 aromatic rings. The smallest absolute Gasteiger partial charge is 0.255 e. The third-order valence-electron chi connectivity index (χ3n) is 3.08. The Morgan fingerprint density at radius 1 is 1.53 bits per heavy atom. The van der Waals surface area contributed by atoms with E-state index in [-0.39, 0.29) is 11.9 Å². The first-order valence-electron chi connectivity index (χ1n) is 6.26. The van der Waals surface area contributed by atoms with Gasteiger partial charge in [0.1, 0.15) is 0 Å². The van der Waals surface area contributed by atoms with E-state index in [1.807, 2.05) is 13.0 Å². The first-order valence-corrected chi connectivity index (χ1v) is 7.43. The van der Waals surface area contributed by atoms with Crippen LogP contribution in [0.5, 0.6) is 0 Å². The maximum atomic E-state index is 12.6. The standard InChI is InChI=1S/C14H19BrClNO2/c1-4-10(2)17(7-8-19-3)14(18)12-9-11(15)5-6-13(12)16/h5-6,9-10H,4,7-8H2,1-3H3. The highest BCUT2D eigenvalue weighted by Gasteiger charge is 2.22. The maximum absolute atomic E-state index is 12.6. The highest BCUT2D eigenvalue weighted by Crippen LogP contribution is 2.23. The fourth-order valence-electron chi connectivity index (χ4n) is 1.75. The summed E-state index contributed by atoms with van der Waals surface area (Å²) in [5.41, 5.74) is 0.521. The predicted octanol–water partition coefficient (Wildman–Crippen LogP) is 3.99. The van der Waals surface area contributed by atoms with E-state index < -0.39 is 0 Å². The van der Waals surface area contributed by atoms with E-state index in [0.717, 1.165) is 10.9 Å². The van der Waals surface area contributed by atoms with Crippen molar-refractivity contribution >= 4 is 33.4 Å². The molecule has 0 saturated heterocycles. The minimum Gasteiger partial charge on any atom is -0.383 e. The molecule has 0 fully saturated rings. The number of carbonyl (C=O) groups excluding carboxylic acids is 1. The van der Waals surface area contributed by atoms with Crippen molar-refractivity contribution in [2.24, 2.45) is 0 Å². The molecule has 3 nitrogen and oxygen atoms in total. The molecule has 5 heteroatoms. The van der Waals surface area contributed by atoms with Crippen LogP contribution >= 0.6 is 27.5 Å². The number of nitrogens with zero attached hydrogens (tertiary/aromatic N) is 1. The van der Waals surface area contributed by atoms with E-state index in [0.29, 0.717) is 23.7 Å². The van der Waals surface area contributed by atoms with Gasteiger partial charge in [-0.05, 0) is 31.5 Å². The topological polar surface area (TPSA) is 29.5 Å². The van der Waals surface area contributed by atoms with Crippen LogP contribution < -0.4 is 0 Å². The summed E-state index contributed by atoms with van der Waals surface area (Å²) in [6.45, 7) is 5.16. The Morgan fingerprint density at radius 2 is 2.21 bits per heavy atom. The molecular weight excluding hydrogens is 330 g/mol. The molecule has 1 unspecified atom stereocenters. The molecule has 1 aromatic carbocycles. The van der Waals surface area contributed by atoms with Gasteiger partial charge in [0.05, 0.1) is 17.2 Å². The van der Waals surface area contributed by atoms with Crippen LogP contribution in [0.25, 0.3) is 0 Å². The van der Waals surface area contributed by atoms with Crippen molar-refractivity contribution in [1.82, 2.24) is 4.90 Å². The summed E-state index contributed by atoms with van der Waals surface area (Å²) < 4.78 is 5.91. The van der Waals surface area contributed by atoms with Gasteiger partial charge in [0.15, 0.2) is 0 Å². The van der Waals surface area contributed by atoms with Crippen LogP contribution in [-0.2, 0) is 4.74 Å². The molecule has 19 heavy (non-hydrogen) atoms. The number of amides is 1. The molecule has 1 rings (SSSR count). The Morgan fingerprint density at radius 3 is 2.79 bits per heavy atom. The second kappa shape index (κ2) is 7.88. The molecule has 106 valence electrons. The van der Waals surface area contributed by atoms with Crippen molar-refractivity contribution in [1.29, 1.82) is 0 Å². The van der Waals surface area contributed by atoms with Crippen LogP contribution in [0.4, 0.5) is 0 Å². The van der Waals surface area contributed by atoms with E-state index in [1.165, 1.54) is 0 Å². The lowest BCUT2D eigenvalue weighted by molar-refractivity contribution is 0.0614. The lowest BCUT2D eigenvalue weighted by Gasteiger charge is -2.28. The monoisotopic (exact) mass is 347 g/mol. The van der Waals surface area contributed by atoms with Crippen molar-refractivity contribution < 1.29 is 9.53 Å². The van der Waals surface area contributed by atoms with Crippen molar-refractivity contribution in [2.75, 3.05) is 20.3 Å². The van der Waals surface area contributed by atoms with Gasteiger partial charge >= 0.3 is 0 Å². The molecule has 0 aromatic heterocycles. The quantitative estimate of drug-likeness (QED) is 0.778. The number of ether oxygens (including phenoxy) is 1. The average molecular weight is 349 g/mol. The van der Waals surface area contributed by atoms with Crippen molar-refractivity contribution in [3.63, 3.8) is 0 Å². The number of benzene rings is 1. The Bertz CT molecular complexity index is 439. The fraction of sp³-hybridized carbons (Fsp3) is 0.500. The summed E-state index contributed by atoms with van der Waals surface area (Å²) in [6.07, 6.45) is 0.890. The first-order chi connectivity index (χ1) is 9.01. The fourth-order valence-corrected chi connectivity index (χ4v) is 2.31. The SMILES string of the molecule is CCC(C)N(CCOC)C(=O)c1cc(Br)ccc1Cl. The van der Waals surface area contributed by atoms with Crippen molar-refractivity contribution in [3.8, 4) is 0 Å². The zero-order valence-electron chi connectivity index (χ0n) is 11.5. The third-order valence-corrected chi connectivity index (χ3v) is 3.90. The number of hydrogen-bond acceptors (Lipinski definition) is 2. The van der Waals surface area contributed by atoms with Crippen molar-refractivity contribution in [2.45, 2.75) is 26.3 Å². The van der Waals surface area contributed by atoms with Gasteiger partial charge in [-0.15, -0.1) is 0 Å². The van der Waals surface area contributed by atoms with Crippen LogP contribution in [0.15, 0.2) is 22.7 Å². The van der Waals surface area contributed by atoms with Crippen LogP contribution in [0.2, 0.25) is 5.02 Å². The summed E-state index contributed by atoms with van der Waals surface area (Å²) in [7, 11) is 1.63. The Kier molecular flexibility index (Phi) is 6.83. The summed E-state index contributed by atoms with van der Waals surface area (Å²) >= 11 is 9.48. The summed E-state index contributed by atoms with van der Waals surface area (Å²) in [5, 5.41) is 0.471. The zero-order valence-corrected chi connectivity index (χ0v) is 13.8. The Labute approximate surface area is 128 Å². The maximum Gasteiger partial charge on any atom is 0.255 e. The highest BCUT2D eigenvalue weighted by atomic mass is 79.9. The minimum atomic E-state index is -0.0577. The molecule has 0 aliphatic rings. The molecule has 0 spiro atoms. The van der Waals surface area contributed by atoms with E-state index in [4.69, 9.17) is 16.3 Å². The average Bonchev–Trinajstić information content (AvgIpc) is 2.41. The Balaban J connectivity index is 3.00. The van der Waals surface area contributed by atoms with Crippen LogP contribution in [0.1, 0.15) is 30.6 Å². The normalized spacial score (nSPS) is 12.3. The third kappa shape index (κ3) is 4.48. The summed E-state index contributed by atoms with van der Waals surface area (Å²) in [4.78, 5) is 14.4. The van der Waals surface area contributed by atoms with Gasteiger partial charge < -0.3 is 9.64 Å². The molecule has 0 heterocycles. The van der Waals surface area contributed by atoms with Gasteiger partial charge in [-0.2, -0.15) is 0 Å². The molecule has 1 amide bonds. The number of halogens is 2. The van der Waals surface area contributed by atoms with Gasteiger partial charge in [0, 0.05) is 24.2 Å². The van der Waals surface area contributed by atoms with Crippen molar-refractivity contribution in [3.05, 3.63) is 33.3 Å². The number of rotatable bonds is 6. The highest BCUT2D eigenvalue weighted by molar-refractivity contribution is 9.10.